The van der Waals surface area contributed by atoms with Crippen molar-refractivity contribution in [3.63, 3.8) is 0 Å². The predicted molar refractivity (Wildman–Crippen MR) is 59.3 cm³/mol. The zero-order valence-corrected chi connectivity index (χ0v) is 9.67. The van der Waals surface area contributed by atoms with Crippen molar-refractivity contribution < 1.29 is 13.5 Å². The van der Waals surface area contributed by atoms with E-state index in [1.54, 1.807) is 6.08 Å². The third-order valence-corrected chi connectivity index (χ3v) is 6.38. The first-order valence-corrected chi connectivity index (χ1v) is 7.15. The van der Waals surface area contributed by atoms with Crippen molar-refractivity contribution in [2.24, 2.45) is 0 Å². The number of fused-ring (bicyclic) bond motifs is 2. The normalized spacial score (nSPS) is 43.5. The molecule has 0 aliphatic carbocycles. The number of sulfone groups is 1. The lowest BCUT2D eigenvalue weighted by atomic mass is 9.83. The first-order valence-electron chi connectivity index (χ1n) is 5.54. The van der Waals surface area contributed by atoms with Crippen LogP contribution in [-0.2, 0) is 9.84 Å². The molecule has 0 aromatic heterocycles. The van der Waals surface area contributed by atoms with Crippen LogP contribution in [0.15, 0.2) is 12.7 Å². The molecule has 86 valence electrons. The maximum atomic E-state index is 12.0. The Kier molecular flexibility index (Phi) is 2.67. The summed E-state index contributed by atoms with van der Waals surface area (Å²) in [5.74, 6) is 0. The summed E-state index contributed by atoms with van der Waals surface area (Å²) in [5, 5.41) is 9.65. The molecule has 2 rings (SSSR count). The predicted octanol–water partition coefficient (Wildman–Crippen LogP) is 1.42. The molecule has 2 saturated heterocycles. The van der Waals surface area contributed by atoms with Gasteiger partial charge >= 0.3 is 0 Å². The van der Waals surface area contributed by atoms with Crippen molar-refractivity contribution >= 4 is 9.84 Å². The summed E-state index contributed by atoms with van der Waals surface area (Å²) in [7, 11) is -2.95. The van der Waals surface area contributed by atoms with E-state index in [4.69, 9.17) is 0 Å². The summed E-state index contributed by atoms with van der Waals surface area (Å²) in [6.45, 7) is 3.62. The van der Waals surface area contributed by atoms with E-state index in [2.05, 4.69) is 6.58 Å². The second-order valence-corrected chi connectivity index (χ2v) is 7.40. The summed E-state index contributed by atoms with van der Waals surface area (Å²) >= 11 is 0. The Labute approximate surface area is 91.1 Å². The molecule has 4 heteroatoms. The second kappa shape index (κ2) is 3.59. The number of hydrogen-bond donors (Lipinski definition) is 1. The molecule has 2 unspecified atom stereocenters. The van der Waals surface area contributed by atoms with E-state index in [1.807, 2.05) is 0 Å². The summed E-state index contributed by atoms with van der Waals surface area (Å²) in [4.78, 5) is 0. The lowest BCUT2D eigenvalue weighted by molar-refractivity contribution is 0.0124. The van der Waals surface area contributed by atoms with Crippen LogP contribution >= 0.6 is 0 Å². The van der Waals surface area contributed by atoms with Gasteiger partial charge in [0.05, 0.1) is 16.1 Å². The third kappa shape index (κ3) is 1.85. The third-order valence-electron chi connectivity index (χ3n) is 3.72. The standard InChI is InChI=1S/C11H18O3S/c1-2-6-11(12)7-9-4-3-5-10(8-11)15(9,13)14/h2,9-10,12H,1,3-8H2. The van der Waals surface area contributed by atoms with Crippen LogP contribution < -0.4 is 0 Å². The highest BCUT2D eigenvalue weighted by Gasteiger charge is 2.49. The fourth-order valence-electron chi connectivity index (χ4n) is 2.98. The Bertz CT molecular complexity index is 338. The zero-order chi connectivity index (χ0) is 11.1. The van der Waals surface area contributed by atoms with Gasteiger partial charge in [0.15, 0.2) is 9.84 Å². The average Bonchev–Trinajstić information content (AvgIpc) is 2.09. The van der Waals surface area contributed by atoms with Gasteiger partial charge in [-0.05, 0) is 32.1 Å². The number of aliphatic hydroxyl groups is 1. The second-order valence-electron chi connectivity index (χ2n) is 4.89. The summed E-state index contributed by atoms with van der Waals surface area (Å²) < 4.78 is 23.9. The molecule has 0 amide bonds. The molecule has 2 bridgehead atoms. The molecule has 0 radical (unpaired) electrons. The van der Waals surface area contributed by atoms with Crippen molar-refractivity contribution in [2.75, 3.05) is 0 Å². The van der Waals surface area contributed by atoms with Gasteiger partial charge in [-0.25, -0.2) is 8.42 Å². The van der Waals surface area contributed by atoms with E-state index in [9.17, 15) is 13.5 Å². The van der Waals surface area contributed by atoms with Crippen LogP contribution in [0.25, 0.3) is 0 Å². The fourth-order valence-corrected chi connectivity index (χ4v) is 5.60. The van der Waals surface area contributed by atoms with E-state index in [0.29, 0.717) is 19.3 Å². The van der Waals surface area contributed by atoms with Gasteiger partial charge in [0.1, 0.15) is 0 Å². The van der Waals surface area contributed by atoms with E-state index >= 15 is 0 Å². The molecular weight excluding hydrogens is 212 g/mol. The average molecular weight is 230 g/mol. The summed E-state index contributed by atoms with van der Waals surface area (Å²) in [5.41, 5.74) is -0.817. The van der Waals surface area contributed by atoms with E-state index in [0.717, 1.165) is 19.3 Å². The minimum absolute atomic E-state index is 0.310. The molecular formula is C11H18O3S. The van der Waals surface area contributed by atoms with Crippen LogP contribution in [0.3, 0.4) is 0 Å². The van der Waals surface area contributed by atoms with Gasteiger partial charge in [-0.2, -0.15) is 0 Å². The molecule has 0 aromatic carbocycles. The minimum atomic E-state index is -2.95. The lowest BCUT2D eigenvalue weighted by Crippen LogP contribution is -2.51. The van der Waals surface area contributed by atoms with Crippen LogP contribution in [0.2, 0.25) is 0 Å². The Balaban J connectivity index is 2.26. The Hall–Kier alpha value is -0.350. The van der Waals surface area contributed by atoms with Gasteiger partial charge in [-0.1, -0.05) is 12.5 Å². The van der Waals surface area contributed by atoms with Crippen molar-refractivity contribution in [1.29, 1.82) is 0 Å². The van der Waals surface area contributed by atoms with Crippen molar-refractivity contribution in [1.82, 2.24) is 0 Å². The molecule has 2 heterocycles. The molecule has 1 N–H and O–H groups in total. The summed E-state index contributed by atoms with van der Waals surface area (Å²) in [6, 6.07) is 0. The molecule has 3 nitrogen and oxygen atoms in total. The molecule has 0 saturated carbocycles. The molecule has 2 fully saturated rings. The quantitative estimate of drug-likeness (QED) is 0.730. The molecule has 2 atom stereocenters. The smallest absolute Gasteiger partial charge is 0.156 e. The molecule has 2 aliphatic heterocycles. The molecule has 0 spiro atoms. The molecule has 15 heavy (non-hydrogen) atoms. The van der Waals surface area contributed by atoms with Crippen LogP contribution in [-0.4, -0.2) is 29.6 Å². The Morgan fingerprint density at radius 2 is 1.87 bits per heavy atom. The summed E-state index contributed by atoms with van der Waals surface area (Å²) in [6.07, 6.45) is 5.42. The highest BCUT2D eigenvalue weighted by Crippen LogP contribution is 2.42. The van der Waals surface area contributed by atoms with Crippen LogP contribution in [0.1, 0.15) is 38.5 Å². The van der Waals surface area contributed by atoms with E-state index in [-0.39, 0.29) is 10.5 Å². The van der Waals surface area contributed by atoms with Crippen molar-refractivity contribution in [2.45, 2.75) is 54.6 Å². The Morgan fingerprint density at radius 3 is 2.33 bits per heavy atom. The fraction of sp³-hybridized carbons (Fsp3) is 0.818. The lowest BCUT2D eigenvalue weighted by Gasteiger charge is -2.43. The number of hydrogen-bond acceptors (Lipinski definition) is 3. The van der Waals surface area contributed by atoms with Gasteiger partial charge in [0.25, 0.3) is 0 Å². The SMILES string of the molecule is C=CCC1(O)CC2CCCC(C1)S2(=O)=O. The van der Waals surface area contributed by atoms with Gasteiger partial charge in [0.2, 0.25) is 0 Å². The first-order chi connectivity index (χ1) is 6.98. The van der Waals surface area contributed by atoms with Gasteiger partial charge < -0.3 is 5.11 Å². The molecule has 2 aliphatic rings. The van der Waals surface area contributed by atoms with E-state index in [1.165, 1.54) is 0 Å². The monoisotopic (exact) mass is 230 g/mol. The zero-order valence-electron chi connectivity index (χ0n) is 8.85. The number of rotatable bonds is 2. The minimum Gasteiger partial charge on any atom is -0.389 e. The Morgan fingerprint density at radius 1 is 1.33 bits per heavy atom. The van der Waals surface area contributed by atoms with Crippen molar-refractivity contribution in [3.05, 3.63) is 12.7 Å². The van der Waals surface area contributed by atoms with Crippen LogP contribution in [0.4, 0.5) is 0 Å². The van der Waals surface area contributed by atoms with Gasteiger partial charge in [-0.3, -0.25) is 0 Å². The largest absolute Gasteiger partial charge is 0.389 e. The van der Waals surface area contributed by atoms with Crippen molar-refractivity contribution in [3.8, 4) is 0 Å². The highest BCUT2D eigenvalue weighted by atomic mass is 32.2. The topological polar surface area (TPSA) is 54.4 Å². The highest BCUT2D eigenvalue weighted by molar-refractivity contribution is 7.92. The van der Waals surface area contributed by atoms with Gasteiger partial charge in [0, 0.05) is 0 Å². The van der Waals surface area contributed by atoms with Crippen LogP contribution in [0.5, 0.6) is 0 Å². The first kappa shape index (κ1) is 11.1. The van der Waals surface area contributed by atoms with Gasteiger partial charge in [-0.15, -0.1) is 6.58 Å². The van der Waals surface area contributed by atoms with Crippen LogP contribution in [0, 0.1) is 0 Å². The maximum absolute atomic E-state index is 12.0. The van der Waals surface area contributed by atoms with E-state index < -0.39 is 15.4 Å². The molecule has 0 aromatic rings. The maximum Gasteiger partial charge on any atom is 0.156 e.